The monoisotopic (exact) mass is 448 g/mol. The summed E-state index contributed by atoms with van der Waals surface area (Å²) in [5.74, 6) is 0.443. The number of sulfonamides is 1. The number of aromatic nitrogens is 2. The van der Waals surface area contributed by atoms with E-state index in [4.69, 9.17) is 9.47 Å². The van der Waals surface area contributed by atoms with E-state index in [1.807, 2.05) is 16.9 Å². The standard InChI is InChI=1S/C22H32N4O4S/c1-3-25-16-19(14-23-25)15-24-10-8-22(9-11-24)17-26(12-13-29-2)31(27,28)21-7-5-4-6-20(21)30-18-22/h4-7,14,16H,3,8-13,15,17-18H2,1-2H3. The summed E-state index contributed by atoms with van der Waals surface area (Å²) in [5, 5.41) is 4.37. The van der Waals surface area contributed by atoms with Crippen molar-refractivity contribution in [3.05, 3.63) is 42.2 Å². The number of benzene rings is 1. The second-order valence-electron chi connectivity index (χ2n) is 8.55. The Balaban J connectivity index is 1.52. The van der Waals surface area contributed by atoms with Gasteiger partial charge < -0.3 is 9.47 Å². The van der Waals surface area contributed by atoms with Gasteiger partial charge in [0.05, 0.1) is 19.4 Å². The van der Waals surface area contributed by atoms with E-state index in [9.17, 15) is 8.42 Å². The fourth-order valence-electron chi connectivity index (χ4n) is 4.46. The van der Waals surface area contributed by atoms with Gasteiger partial charge in [-0.3, -0.25) is 9.58 Å². The average Bonchev–Trinajstić information content (AvgIpc) is 3.24. The highest BCUT2D eigenvalue weighted by molar-refractivity contribution is 7.89. The Morgan fingerprint density at radius 3 is 2.71 bits per heavy atom. The summed E-state index contributed by atoms with van der Waals surface area (Å²) >= 11 is 0. The van der Waals surface area contributed by atoms with Crippen molar-refractivity contribution < 1.29 is 17.9 Å². The predicted octanol–water partition coefficient (Wildman–Crippen LogP) is 2.21. The molecule has 0 bridgehead atoms. The molecule has 0 radical (unpaired) electrons. The molecule has 170 valence electrons. The van der Waals surface area contributed by atoms with Crippen molar-refractivity contribution in [2.45, 2.75) is 37.8 Å². The number of nitrogens with zero attached hydrogens (tertiary/aromatic N) is 4. The van der Waals surface area contributed by atoms with Crippen LogP contribution in [0.5, 0.6) is 5.75 Å². The maximum Gasteiger partial charge on any atom is 0.246 e. The molecule has 0 amide bonds. The lowest BCUT2D eigenvalue weighted by molar-refractivity contribution is 0.0290. The van der Waals surface area contributed by atoms with Crippen LogP contribution in [0.2, 0.25) is 0 Å². The third-order valence-electron chi connectivity index (χ3n) is 6.39. The zero-order chi connectivity index (χ0) is 21.9. The summed E-state index contributed by atoms with van der Waals surface area (Å²) < 4.78 is 41.7. The molecule has 0 N–H and O–H groups in total. The van der Waals surface area contributed by atoms with Crippen molar-refractivity contribution in [3.63, 3.8) is 0 Å². The molecular weight excluding hydrogens is 416 g/mol. The van der Waals surface area contributed by atoms with E-state index in [0.29, 0.717) is 32.1 Å². The summed E-state index contributed by atoms with van der Waals surface area (Å²) in [5.41, 5.74) is 1.00. The Morgan fingerprint density at radius 2 is 2.00 bits per heavy atom. The zero-order valence-electron chi connectivity index (χ0n) is 18.4. The maximum absolute atomic E-state index is 13.4. The van der Waals surface area contributed by atoms with E-state index < -0.39 is 10.0 Å². The normalized spacial score (nSPS) is 21.2. The lowest BCUT2D eigenvalue weighted by atomic mass is 9.78. The minimum absolute atomic E-state index is 0.210. The number of piperidine rings is 1. The van der Waals surface area contributed by atoms with Crippen LogP contribution in [-0.2, 0) is 27.8 Å². The van der Waals surface area contributed by atoms with Crippen LogP contribution in [0, 0.1) is 5.41 Å². The van der Waals surface area contributed by atoms with Gasteiger partial charge in [-0.1, -0.05) is 12.1 Å². The third kappa shape index (κ3) is 4.79. The average molecular weight is 449 g/mol. The molecular formula is C22H32N4O4S. The van der Waals surface area contributed by atoms with Gasteiger partial charge in [0.15, 0.2) is 0 Å². The lowest BCUT2D eigenvalue weighted by Gasteiger charge is -2.45. The van der Waals surface area contributed by atoms with E-state index in [-0.39, 0.29) is 10.3 Å². The number of methoxy groups -OCH3 is 1. The fourth-order valence-corrected chi connectivity index (χ4v) is 6.13. The topological polar surface area (TPSA) is 76.9 Å². The maximum atomic E-state index is 13.4. The Morgan fingerprint density at radius 1 is 1.23 bits per heavy atom. The molecule has 1 fully saturated rings. The molecule has 3 heterocycles. The number of rotatable bonds is 6. The Hall–Kier alpha value is -1.94. The number of hydrogen-bond acceptors (Lipinski definition) is 6. The van der Waals surface area contributed by atoms with E-state index in [1.54, 1.807) is 29.6 Å². The van der Waals surface area contributed by atoms with Crippen LogP contribution in [0.4, 0.5) is 0 Å². The number of hydrogen-bond donors (Lipinski definition) is 0. The lowest BCUT2D eigenvalue weighted by Crippen LogP contribution is -2.51. The molecule has 1 spiro atoms. The molecule has 0 aliphatic carbocycles. The van der Waals surface area contributed by atoms with Crippen molar-refractivity contribution in [1.29, 1.82) is 0 Å². The highest BCUT2D eigenvalue weighted by atomic mass is 32.2. The predicted molar refractivity (Wildman–Crippen MR) is 117 cm³/mol. The van der Waals surface area contributed by atoms with E-state index in [0.717, 1.165) is 39.0 Å². The van der Waals surface area contributed by atoms with Crippen LogP contribution in [0.3, 0.4) is 0 Å². The molecule has 9 heteroatoms. The van der Waals surface area contributed by atoms with Crippen LogP contribution in [0.15, 0.2) is 41.6 Å². The van der Waals surface area contributed by atoms with Crippen LogP contribution in [-0.4, -0.2) is 73.9 Å². The number of aryl methyl sites for hydroxylation is 1. The van der Waals surface area contributed by atoms with Gasteiger partial charge in [-0.15, -0.1) is 0 Å². The molecule has 4 rings (SSSR count). The second kappa shape index (κ2) is 9.28. The van der Waals surface area contributed by atoms with E-state index in [1.165, 1.54) is 5.56 Å². The van der Waals surface area contributed by atoms with Crippen molar-refractivity contribution >= 4 is 10.0 Å². The first-order valence-electron chi connectivity index (χ1n) is 10.9. The second-order valence-corrected chi connectivity index (χ2v) is 10.5. The zero-order valence-corrected chi connectivity index (χ0v) is 19.2. The largest absolute Gasteiger partial charge is 0.492 e. The molecule has 0 unspecified atom stereocenters. The molecule has 1 aromatic carbocycles. The number of fused-ring (bicyclic) bond motifs is 1. The van der Waals surface area contributed by atoms with Crippen molar-refractivity contribution in [2.24, 2.45) is 5.41 Å². The summed E-state index contributed by atoms with van der Waals surface area (Å²) in [7, 11) is -2.05. The third-order valence-corrected chi connectivity index (χ3v) is 8.28. The van der Waals surface area contributed by atoms with Gasteiger partial charge in [0.25, 0.3) is 0 Å². The minimum Gasteiger partial charge on any atom is -0.492 e. The first kappa shape index (κ1) is 22.3. The molecule has 8 nitrogen and oxygen atoms in total. The summed E-state index contributed by atoms with van der Waals surface area (Å²) in [6.07, 6.45) is 5.80. The van der Waals surface area contributed by atoms with Gasteiger partial charge in [0.1, 0.15) is 10.6 Å². The van der Waals surface area contributed by atoms with Crippen molar-refractivity contribution in [2.75, 3.05) is 46.5 Å². The Labute approximate surface area is 184 Å². The molecule has 1 aromatic heterocycles. The number of likely N-dealkylation sites (tertiary alicyclic amines) is 1. The van der Waals surface area contributed by atoms with Crippen LogP contribution in [0.25, 0.3) is 0 Å². The van der Waals surface area contributed by atoms with E-state index in [2.05, 4.69) is 23.1 Å². The molecule has 2 aliphatic rings. The van der Waals surface area contributed by atoms with Gasteiger partial charge in [0, 0.05) is 50.5 Å². The van der Waals surface area contributed by atoms with Crippen LogP contribution < -0.4 is 4.74 Å². The van der Waals surface area contributed by atoms with E-state index >= 15 is 0 Å². The Kier molecular flexibility index (Phi) is 6.66. The van der Waals surface area contributed by atoms with Crippen LogP contribution in [0.1, 0.15) is 25.3 Å². The highest BCUT2D eigenvalue weighted by Crippen LogP contribution is 2.39. The minimum atomic E-state index is -3.65. The summed E-state index contributed by atoms with van der Waals surface area (Å²) in [4.78, 5) is 2.66. The van der Waals surface area contributed by atoms with Crippen LogP contribution >= 0.6 is 0 Å². The molecule has 1 saturated heterocycles. The SMILES string of the molecule is CCn1cc(CN2CCC3(CC2)COc2ccccc2S(=O)(=O)N(CCOC)C3)cn1. The number of ether oxygens (including phenoxy) is 2. The quantitative estimate of drug-likeness (QED) is 0.674. The van der Waals surface area contributed by atoms with Gasteiger partial charge in [0.2, 0.25) is 10.0 Å². The first-order chi connectivity index (χ1) is 15.0. The smallest absolute Gasteiger partial charge is 0.246 e. The summed E-state index contributed by atoms with van der Waals surface area (Å²) in [6, 6.07) is 6.94. The van der Waals surface area contributed by atoms with Gasteiger partial charge in [-0.2, -0.15) is 9.40 Å². The van der Waals surface area contributed by atoms with Gasteiger partial charge in [-0.25, -0.2) is 8.42 Å². The van der Waals surface area contributed by atoms with Crippen molar-refractivity contribution in [3.8, 4) is 5.75 Å². The van der Waals surface area contributed by atoms with Gasteiger partial charge >= 0.3 is 0 Å². The highest BCUT2D eigenvalue weighted by Gasteiger charge is 2.42. The first-order valence-corrected chi connectivity index (χ1v) is 12.3. The molecule has 0 saturated carbocycles. The molecule has 2 aromatic rings. The fraction of sp³-hybridized carbons (Fsp3) is 0.591. The molecule has 31 heavy (non-hydrogen) atoms. The number of para-hydroxylation sites is 1. The summed E-state index contributed by atoms with van der Waals surface area (Å²) in [6.45, 7) is 7.30. The van der Waals surface area contributed by atoms with Crippen molar-refractivity contribution in [1.82, 2.24) is 19.0 Å². The van der Waals surface area contributed by atoms with Gasteiger partial charge in [-0.05, 0) is 45.0 Å². The Bertz CT molecular complexity index is 983. The molecule has 2 aliphatic heterocycles. The molecule has 0 atom stereocenters.